The molecule has 0 unspecified atom stereocenters. The summed E-state index contributed by atoms with van der Waals surface area (Å²) in [6.07, 6.45) is 0.537. The van der Waals surface area contributed by atoms with Gasteiger partial charge in [-0.2, -0.15) is 0 Å². The van der Waals surface area contributed by atoms with Gasteiger partial charge in [-0.1, -0.05) is 20.8 Å². The molecule has 0 amide bonds. The molecule has 0 aromatic carbocycles. The van der Waals surface area contributed by atoms with Gasteiger partial charge in [0.2, 0.25) is 5.90 Å². The van der Waals surface area contributed by atoms with Gasteiger partial charge in [-0.25, -0.2) is 9.79 Å². The second-order valence-electron chi connectivity index (χ2n) is 6.30. The number of ether oxygens (including phenoxy) is 2. The number of nitrogens with zero attached hydrogens (tertiary/aromatic N) is 1. The topological polar surface area (TPSA) is 68.1 Å². The fraction of sp³-hybridized carbons (Fsp3) is 0.846. The molecule has 1 N–H and O–H groups in total. The molecule has 1 aliphatic heterocycles. The van der Waals surface area contributed by atoms with Crippen molar-refractivity contribution in [1.29, 1.82) is 0 Å². The normalized spacial score (nSPS) is 39.3. The summed E-state index contributed by atoms with van der Waals surface area (Å²) in [6.45, 7) is 7.69. The van der Waals surface area contributed by atoms with E-state index in [1.807, 2.05) is 27.7 Å². The third kappa shape index (κ3) is 1.56. The standard InChI is InChI=1S/C13H21NO4/c1-11(2,3)12(4)9(17-5)14-13(10(16)18-12)6-8(13)7-15/h8,15H,6-7H2,1-5H3/t8-,12+,13-/m0/s1. The Hall–Kier alpha value is -1.10. The molecule has 0 aromatic heterocycles. The molecular weight excluding hydrogens is 234 g/mol. The maximum absolute atomic E-state index is 12.2. The summed E-state index contributed by atoms with van der Waals surface area (Å²) in [5.74, 6) is -0.0509. The maximum atomic E-state index is 12.2. The number of rotatable bonds is 1. The van der Waals surface area contributed by atoms with Crippen molar-refractivity contribution in [3.63, 3.8) is 0 Å². The van der Waals surface area contributed by atoms with Crippen LogP contribution in [0.5, 0.6) is 0 Å². The zero-order valence-electron chi connectivity index (χ0n) is 11.6. The molecule has 1 saturated carbocycles. The second kappa shape index (κ2) is 3.70. The Bertz CT molecular complexity index is 412. The molecule has 0 aromatic rings. The van der Waals surface area contributed by atoms with Gasteiger partial charge in [-0.05, 0) is 13.3 Å². The first-order valence-corrected chi connectivity index (χ1v) is 6.20. The summed E-state index contributed by atoms with van der Waals surface area (Å²) in [5, 5.41) is 9.17. The molecule has 0 saturated heterocycles. The van der Waals surface area contributed by atoms with Gasteiger partial charge in [0, 0.05) is 17.9 Å². The predicted octanol–water partition coefficient (Wildman–Crippen LogP) is 1.14. The number of carbonyl (C=O) groups excluding carboxylic acids is 1. The highest BCUT2D eigenvalue weighted by Crippen LogP contribution is 2.53. The predicted molar refractivity (Wildman–Crippen MR) is 66.3 cm³/mol. The summed E-state index contributed by atoms with van der Waals surface area (Å²) in [4.78, 5) is 16.6. The number of aliphatic imine (C=N–C) groups is 1. The quantitative estimate of drug-likeness (QED) is 0.713. The fourth-order valence-corrected chi connectivity index (χ4v) is 2.28. The van der Waals surface area contributed by atoms with Gasteiger partial charge >= 0.3 is 5.97 Å². The smallest absolute Gasteiger partial charge is 0.335 e. The van der Waals surface area contributed by atoms with E-state index in [1.54, 1.807) is 0 Å². The highest BCUT2D eigenvalue weighted by molar-refractivity contribution is 5.98. The summed E-state index contributed by atoms with van der Waals surface area (Å²) < 4.78 is 11.0. The van der Waals surface area contributed by atoms with Crippen LogP contribution in [0.3, 0.4) is 0 Å². The molecule has 0 radical (unpaired) electrons. The Labute approximate surface area is 107 Å². The molecule has 2 rings (SSSR count). The monoisotopic (exact) mass is 255 g/mol. The van der Waals surface area contributed by atoms with E-state index < -0.39 is 11.1 Å². The van der Waals surface area contributed by atoms with Gasteiger partial charge in [-0.3, -0.25) is 0 Å². The van der Waals surface area contributed by atoms with Crippen LogP contribution in [0.15, 0.2) is 4.99 Å². The summed E-state index contributed by atoms with van der Waals surface area (Å²) in [7, 11) is 1.53. The van der Waals surface area contributed by atoms with Crippen LogP contribution in [-0.2, 0) is 14.3 Å². The van der Waals surface area contributed by atoms with E-state index in [2.05, 4.69) is 4.99 Å². The largest absolute Gasteiger partial charge is 0.481 e. The minimum atomic E-state index is -0.898. The molecule has 5 heteroatoms. The van der Waals surface area contributed by atoms with Crippen LogP contribution < -0.4 is 0 Å². The van der Waals surface area contributed by atoms with Gasteiger partial charge in [0.1, 0.15) is 0 Å². The Kier molecular flexibility index (Phi) is 2.74. The molecule has 1 fully saturated rings. The highest BCUT2D eigenvalue weighted by Gasteiger charge is 2.67. The minimum Gasteiger partial charge on any atom is -0.481 e. The lowest BCUT2D eigenvalue weighted by molar-refractivity contribution is -0.168. The van der Waals surface area contributed by atoms with Gasteiger partial charge < -0.3 is 14.6 Å². The highest BCUT2D eigenvalue weighted by atomic mass is 16.6. The van der Waals surface area contributed by atoms with E-state index in [4.69, 9.17) is 9.47 Å². The Balaban J connectivity index is 2.43. The third-order valence-corrected chi connectivity index (χ3v) is 4.28. The Morgan fingerprint density at radius 2 is 2.17 bits per heavy atom. The van der Waals surface area contributed by atoms with Crippen molar-refractivity contribution in [1.82, 2.24) is 0 Å². The van der Waals surface area contributed by atoms with Crippen molar-refractivity contribution in [2.24, 2.45) is 16.3 Å². The number of esters is 1. The third-order valence-electron chi connectivity index (χ3n) is 4.28. The molecule has 1 spiro atoms. The molecule has 5 nitrogen and oxygen atoms in total. The van der Waals surface area contributed by atoms with Crippen molar-refractivity contribution < 1.29 is 19.4 Å². The number of aliphatic hydroxyl groups excluding tert-OH is 1. The summed E-state index contributed by atoms with van der Waals surface area (Å²) in [6, 6.07) is 0. The maximum Gasteiger partial charge on any atom is 0.335 e. The van der Waals surface area contributed by atoms with E-state index in [9.17, 15) is 9.90 Å². The van der Waals surface area contributed by atoms with Crippen molar-refractivity contribution in [3.8, 4) is 0 Å². The lowest BCUT2D eigenvalue weighted by atomic mass is 9.76. The van der Waals surface area contributed by atoms with Crippen molar-refractivity contribution in [2.45, 2.75) is 45.3 Å². The van der Waals surface area contributed by atoms with Crippen LogP contribution in [0, 0.1) is 11.3 Å². The number of carbonyl (C=O) groups is 1. The van der Waals surface area contributed by atoms with Crippen LogP contribution in [0.25, 0.3) is 0 Å². The molecule has 1 heterocycles. The second-order valence-corrected chi connectivity index (χ2v) is 6.30. The Morgan fingerprint density at radius 1 is 1.56 bits per heavy atom. The molecule has 2 aliphatic rings. The van der Waals surface area contributed by atoms with Crippen molar-refractivity contribution in [2.75, 3.05) is 13.7 Å². The number of hydrogen-bond acceptors (Lipinski definition) is 5. The molecule has 0 bridgehead atoms. The van der Waals surface area contributed by atoms with Crippen LogP contribution in [0.1, 0.15) is 34.1 Å². The van der Waals surface area contributed by atoms with Gasteiger partial charge in [0.15, 0.2) is 11.1 Å². The SMILES string of the molecule is COC1=N[C@]2(C[C@H]2CO)C(=O)O[C@@]1(C)C(C)(C)C. The van der Waals surface area contributed by atoms with E-state index in [0.717, 1.165) is 0 Å². The zero-order chi connectivity index (χ0) is 13.8. The number of methoxy groups -OCH3 is 1. The fourth-order valence-electron chi connectivity index (χ4n) is 2.28. The summed E-state index contributed by atoms with van der Waals surface area (Å²) in [5.41, 5.74) is -2.08. The number of cyclic esters (lactones) is 1. The molecule has 18 heavy (non-hydrogen) atoms. The average molecular weight is 255 g/mol. The lowest BCUT2D eigenvalue weighted by Gasteiger charge is -2.43. The molecule has 1 aliphatic carbocycles. The Morgan fingerprint density at radius 3 is 2.56 bits per heavy atom. The lowest BCUT2D eigenvalue weighted by Crippen LogP contribution is -2.57. The first-order valence-electron chi connectivity index (χ1n) is 6.20. The van der Waals surface area contributed by atoms with E-state index in [1.165, 1.54) is 7.11 Å². The molecule has 3 atom stereocenters. The first kappa shape index (κ1) is 13.3. The van der Waals surface area contributed by atoms with Crippen molar-refractivity contribution in [3.05, 3.63) is 0 Å². The van der Waals surface area contributed by atoms with Crippen LogP contribution in [-0.4, -0.2) is 41.8 Å². The van der Waals surface area contributed by atoms with Crippen LogP contribution in [0.2, 0.25) is 0 Å². The molecule has 102 valence electrons. The van der Waals surface area contributed by atoms with E-state index in [0.29, 0.717) is 12.3 Å². The first-order chi connectivity index (χ1) is 8.21. The van der Waals surface area contributed by atoms with Crippen LogP contribution >= 0.6 is 0 Å². The number of aliphatic hydroxyl groups is 1. The van der Waals surface area contributed by atoms with Gasteiger partial charge in [0.25, 0.3) is 0 Å². The average Bonchev–Trinajstić information content (AvgIpc) is 2.97. The minimum absolute atomic E-state index is 0.0537. The van der Waals surface area contributed by atoms with Crippen molar-refractivity contribution >= 4 is 11.9 Å². The van der Waals surface area contributed by atoms with E-state index >= 15 is 0 Å². The zero-order valence-corrected chi connectivity index (χ0v) is 11.6. The van der Waals surface area contributed by atoms with Gasteiger partial charge in [0.05, 0.1) is 7.11 Å². The molecular formula is C13H21NO4. The van der Waals surface area contributed by atoms with Gasteiger partial charge in [-0.15, -0.1) is 0 Å². The summed E-state index contributed by atoms with van der Waals surface area (Å²) >= 11 is 0. The van der Waals surface area contributed by atoms with Crippen LogP contribution in [0.4, 0.5) is 0 Å². The number of hydrogen-bond donors (Lipinski definition) is 1. The van der Waals surface area contributed by atoms with E-state index in [-0.39, 0.29) is 23.9 Å².